The first-order valence-corrected chi connectivity index (χ1v) is 12.6. The van der Waals surface area contributed by atoms with Crippen LogP contribution in [-0.2, 0) is 14.6 Å². The van der Waals surface area contributed by atoms with E-state index in [1.54, 1.807) is 12.1 Å². The number of anilines is 2. The average Bonchev–Trinajstić information content (AvgIpc) is 3.17. The molecule has 2 atom stereocenters. The van der Waals surface area contributed by atoms with Crippen LogP contribution < -0.4 is 10.2 Å². The Morgan fingerprint density at radius 1 is 1.17 bits per heavy atom. The first-order valence-electron chi connectivity index (χ1n) is 9.56. The Kier molecular flexibility index (Phi) is 5.83. The van der Waals surface area contributed by atoms with Gasteiger partial charge in [-0.1, -0.05) is 41.6 Å². The number of amides is 1. The van der Waals surface area contributed by atoms with Gasteiger partial charge in [-0.05, 0) is 49.2 Å². The lowest BCUT2D eigenvalue weighted by atomic mass is 10.1. The van der Waals surface area contributed by atoms with Gasteiger partial charge in [0, 0.05) is 21.6 Å². The second-order valence-electron chi connectivity index (χ2n) is 7.59. The highest BCUT2D eigenvalue weighted by molar-refractivity contribution is 8.15. The molecular weight excluding hydrogens is 442 g/mol. The van der Waals surface area contributed by atoms with Crippen molar-refractivity contribution >= 4 is 55.6 Å². The summed E-state index contributed by atoms with van der Waals surface area (Å²) in [6, 6.07) is 12.8. The zero-order chi connectivity index (χ0) is 21.5. The number of sulfone groups is 1. The van der Waals surface area contributed by atoms with E-state index in [9.17, 15) is 13.2 Å². The van der Waals surface area contributed by atoms with E-state index in [1.165, 1.54) is 11.8 Å². The van der Waals surface area contributed by atoms with Gasteiger partial charge >= 0.3 is 0 Å². The van der Waals surface area contributed by atoms with Gasteiger partial charge in [0.2, 0.25) is 5.91 Å². The number of carbonyl (C=O) groups is 1. The van der Waals surface area contributed by atoms with Crippen LogP contribution in [0.1, 0.15) is 11.1 Å². The molecule has 9 heteroatoms. The van der Waals surface area contributed by atoms with E-state index in [1.807, 2.05) is 49.1 Å². The lowest BCUT2D eigenvalue weighted by Gasteiger charge is -2.24. The maximum atomic E-state index is 12.9. The topological polar surface area (TPSA) is 78.8 Å². The summed E-state index contributed by atoms with van der Waals surface area (Å²) in [5, 5.41) is 4.18. The molecule has 2 aromatic carbocycles. The molecule has 6 nitrogen and oxygen atoms in total. The molecule has 1 fully saturated rings. The highest BCUT2D eigenvalue weighted by atomic mass is 35.5. The van der Waals surface area contributed by atoms with E-state index in [0.717, 1.165) is 22.5 Å². The van der Waals surface area contributed by atoms with Gasteiger partial charge in [0.1, 0.15) is 6.54 Å². The Labute approximate surface area is 185 Å². The summed E-state index contributed by atoms with van der Waals surface area (Å²) < 4.78 is 23.8. The van der Waals surface area contributed by atoms with Crippen molar-refractivity contribution in [1.29, 1.82) is 0 Å². The maximum absolute atomic E-state index is 12.9. The molecule has 0 saturated carbocycles. The fraction of sp³-hybridized carbons (Fsp3) is 0.333. The van der Waals surface area contributed by atoms with Crippen LogP contribution in [0.15, 0.2) is 47.5 Å². The molecular formula is C21H22ClN3O3S2. The number of para-hydroxylation sites is 1. The fourth-order valence-electron chi connectivity index (χ4n) is 3.70. The Balaban J connectivity index is 1.59. The Hall–Kier alpha value is -2.03. The van der Waals surface area contributed by atoms with Crippen molar-refractivity contribution in [2.45, 2.75) is 25.1 Å². The molecule has 0 unspecified atom stereocenters. The molecule has 2 aliphatic heterocycles. The Bertz CT molecular complexity index is 1100. The van der Waals surface area contributed by atoms with Gasteiger partial charge in [-0.25, -0.2) is 8.42 Å². The van der Waals surface area contributed by atoms with Crippen molar-refractivity contribution < 1.29 is 13.2 Å². The van der Waals surface area contributed by atoms with Crippen LogP contribution in [0.3, 0.4) is 0 Å². The number of aliphatic imine (C=N–C) groups is 1. The zero-order valence-corrected chi connectivity index (χ0v) is 19.0. The van der Waals surface area contributed by atoms with Gasteiger partial charge in [0.25, 0.3) is 0 Å². The van der Waals surface area contributed by atoms with Crippen LogP contribution in [-0.4, -0.2) is 48.8 Å². The van der Waals surface area contributed by atoms with Crippen LogP contribution in [0.25, 0.3) is 0 Å². The Morgan fingerprint density at radius 2 is 1.83 bits per heavy atom. The lowest BCUT2D eigenvalue weighted by molar-refractivity contribution is -0.114. The van der Waals surface area contributed by atoms with Crippen molar-refractivity contribution in [3.05, 3.63) is 58.6 Å². The highest BCUT2D eigenvalue weighted by Gasteiger charge is 2.44. The summed E-state index contributed by atoms with van der Waals surface area (Å²) in [5.41, 5.74) is 3.58. The minimum atomic E-state index is -3.04. The number of aryl methyl sites for hydroxylation is 2. The van der Waals surface area contributed by atoms with Gasteiger partial charge in [-0.3, -0.25) is 9.79 Å². The Morgan fingerprint density at radius 3 is 2.47 bits per heavy atom. The second kappa shape index (κ2) is 8.24. The van der Waals surface area contributed by atoms with E-state index in [-0.39, 0.29) is 35.2 Å². The van der Waals surface area contributed by atoms with Gasteiger partial charge in [-0.15, -0.1) is 0 Å². The largest absolute Gasteiger partial charge is 0.324 e. The number of rotatable bonds is 4. The minimum Gasteiger partial charge on any atom is -0.324 e. The monoisotopic (exact) mass is 463 g/mol. The summed E-state index contributed by atoms with van der Waals surface area (Å²) >= 11 is 7.46. The summed E-state index contributed by atoms with van der Waals surface area (Å²) in [6.07, 6.45) is 0. The first kappa shape index (κ1) is 21.2. The molecule has 1 N–H and O–H groups in total. The number of hydrogen-bond donors (Lipinski definition) is 1. The van der Waals surface area contributed by atoms with Crippen LogP contribution >= 0.6 is 23.4 Å². The molecule has 2 aliphatic rings. The number of amidine groups is 1. The van der Waals surface area contributed by atoms with Crippen molar-refractivity contribution in [2.75, 3.05) is 28.3 Å². The number of nitrogens with zero attached hydrogens (tertiary/aromatic N) is 2. The third kappa shape index (κ3) is 4.50. The number of fused-ring (bicyclic) bond motifs is 1. The van der Waals surface area contributed by atoms with E-state index in [4.69, 9.17) is 11.6 Å². The lowest BCUT2D eigenvalue weighted by Crippen LogP contribution is -2.36. The predicted molar refractivity (Wildman–Crippen MR) is 125 cm³/mol. The molecule has 0 spiro atoms. The SMILES string of the molecule is Cc1cccc(C)c1NC(=O)CN(C1=N[C@@H]2CS(=O)(=O)C[C@@H]2S1)c1ccc(Cl)cc1. The summed E-state index contributed by atoms with van der Waals surface area (Å²) in [6.45, 7) is 3.98. The quantitative estimate of drug-likeness (QED) is 0.748. The maximum Gasteiger partial charge on any atom is 0.244 e. The standard InChI is InChI=1S/C21H22ClN3O3S2/c1-13-4-3-5-14(2)20(13)24-19(26)10-25(16-8-6-15(22)7-9-16)21-23-17-11-30(27,28)12-18(17)29-21/h3-9,17-18H,10-12H2,1-2H3,(H,24,26)/t17-,18+/m1/s1. The zero-order valence-electron chi connectivity index (χ0n) is 16.6. The van der Waals surface area contributed by atoms with Crippen LogP contribution in [0.5, 0.6) is 0 Å². The normalized spacial score (nSPS) is 21.8. The molecule has 1 amide bonds. The second-order valence-corrected chi connectivity index (χ2v) is 11.4. The number of hydrogen-bond acceptors (Lipinski definition) is 6. The van der Waals surface area contributed by atoms with Gasteiger partial charge in [0.15, 0.2) is 15.0 Å². The van der Waals surface area contributed by atoms with Gasteiger partial charge in [0.05, 0.1) is 17.5 Å². The third-order valence-corrected chi connectivity index (χ3v) is 8.72. The smallest absolute Gasteiger partial charge is 0.244 e. The molecule has 2 heterocycles. The molecule has 2 aromatic rings. The molecule has 0 bridgehead atoms. The van der Waals surface area contributed by atoms with Crippen molar-refractivity contribution in [3.8, 4) is 0 Å². The fourth-order valence-corrected chi connectivity index (χ4v) is 7.60. The molecule has 30 heavy (non-hydrogen) atoms. The summed E-state index contributed by atoms with van der Waals surface area (Å²) in [5.74, 6) is 0.0191. The number of thioether (sulfide) groups is 1. The molecule has 0 aromatic heterocycles. The number of carbonyl (C=O) groups excluding carboxylic acids is 1. The van der Waals surface area contributed by atoms with E-state index < -0.39 is 9.84 Å². The first-order chi connectivity index (χ1) is 14.2. The molecule has 1 saturated heterocycles. The highest BCUT2D eigenvalue weighted by Crippen LogP contribution is 2.37. The van der Waals surface area contributed by atoms with Crippen molar-refractivity contribution in [3.63, 3.8) is 0 Å². The summed E-state index contributed by atoms with van der Waals surface area (Å²) in [7, 11) is -3.04. The van der Waals surface area contributed by atoms with Crippen LogP contribution in [0.4, 0.5) is 11.4 Å². The number of nitrogens with one attached hydrogen (secondary N) is 1. The van der Waals surface area contributed by atoms with Crippen molar-refractivity contribution in [2.24, 2.45) is 4.99 Å². The van der Waals surface area contributed by atoms with Crippen LogP contribution in [0.2, 0.25) is 5.02 Å². The summed E-state index contributed by atoms with van der Waals surface area (Å²) in [4.78, 5) is 19.4. The molecule has 0 aliphatic carbocycles. The van der Waals surface area contributed by atoms with E-state index >= 15 is 0 Å². The average molecular weight is 464 g/mol. The van der Waals surface area contributed by atoms with E-state index in [0.29, 0.717) is 10.2 Å². The third-order valence-electron chi connectivity index (χ3n) is 5.22. The van der Waals surface area contributed by atoms with E-state index in [2.05, 4.69) is 10.3 Å². The molecule has 4 rings (SSSR count). The number of benzene rings is 2. The predicted octanol–water partition coefficient (Wildman–Crippen LogP) is 3.67. The minimum absolute atomic E-state index is 0.0629. The van der Waals surface area contributed by atoms with Gasteiger partial charge < -0.3 is 10.2 Å². The molecule has 0 radical (unpaired) electrons. The van der Waals surface area contributed by atoms with Crippen LogP contribution in [0, 0.1) is 13.8 Å². The molecule has 158 valence electrons. The van der Waals surface area contributed by atoms with Gasteiger partial charge in [-0.2, -0.15) is 0 Å². The van der Waals surface area contributed by atoms with Crippen molar-refractivity contribution in [1.82, 2.24) is 0 Å². The number of halogens is 1.